The van der Waals surface area contributed by atoms with Crippen molar-refractivity contribution in [3.8, 4) is 0 Å². The van der Waals surface area contributed by atoms with Crippen molar-refractivity contribution in [2.24, 2.45) is 5.92 Å². The van der Waals surface area contributed by atoms with Crippen LogP contribution in [0.3, 0.4) is 0 Å². The summed E-state index contributed by atoms with van der Waals surface area (Å²) < 4.78 is 4.59. The fraction of sp³-hybridized carbons (Fsp3) is 0.562. The Hall–Kier alpha value is -1.51. The van der Waals surface area contributed by atoms with Gasteiger partial charge in [0.15, 0.2) is 0 Å². The predicted molar refractivity (Wildman–Crippen MR) is 78.4 cm³/mol. The standard InChI is InChI=1S/C16H25NO2/c1-12(2)10-13-6-8-14(9-7-13)16(3,4)11-17-15(18)19-5/h6-9,12H,10-11H2,1-5H3,(H,17,18). The first-order valence-electron chi connectivity index (χ1n) is 6.76. The van der Waals surface area contributed by atoms with Gasteiger partial charge in [-0.2, -0.15) is 0 Å². The van der Waals surface area contributed by atoms with Gasteiger partial charge in [-0.15, -0.1) is 0 Å². The van der Waals surface area contributed by atoms with Crippen LogP contribution >= 0.6 is 0 Å². The van der Waals surface area contributed by atoms with E-state index in [0.717, 1.165) is 6.42 Å². The zero-order valence-electron chi connectivity index (χ0n) is 12.6. The predicted octanol–water partition coefficient (Wildman–Crippen LogP) is 3.52. The lowest BCUT2D eigenvalue weighted by atomic mass is 9.84. The van der Waals surface area contributed by atoms with Crippen molar-refractivity contribution in [2.45, 2.75) is 39.5 Å². The Labute approximate surface area is 116 Å². The summed E-state index contributed by atoms with van der Waals surface area (Å²) in [4.78, 5) is 11.1. The van der Waals surface area contributed by atoms with E-state index in [9.17, 15) is 4.79 Å². The van der Waals surface area contributed by atoms with E-state index in [4.69, 9.17) is 0 Å². The summed E-state index contributed by atoms with van der Waals surface area (Å²) in [6.45, 7) is 9.22. The average Bonchev–Trinajstić information content (AvgIpc) is 2.36. The van der Waals surface area contributed by atoms with E-state index < -0.39 is 0 Å². The second kappa shape index (κ2) is 6.60. The third-order valence-electron chi connectivity index (χ3n) is 3.24. The summed E-state index contributed by atoms with van der Waals surface area (Å²) in [6, 6.07) is 8.65. The van der Waals surface area contributed by atoms with Crippen molar-refractivity contribution in [1.82, 2.24) is 5.32 Å². The SMILES string of the molecule is COC(=O)NCC(C)(C)c1ccc(CC(C)C)cc1. The molecule has 0 aliphatic rings. The number of benzene rings is 1. The van der Waals surface area contributed by atoms with Gasteiger partial charge in [0.05, 0.1) is 7.11 Å². The summed E-state index contributed by atoms with van der Waals surface area (Å²) in [5.41, 5.74) is 2.47. The Bertz CT molecular complexity index is 407. The first-order chi connectivity index (χ1) is 8.85. The molecule has 3 nitrogen and oxygen atoms in total. The van der Waals surface area contributed by atoms with E-state index in [0.29, 0.717) is 12.5 Å². The minimum absolute atomic E-state index is 0.107. The van der Waals surface area contributed by atoms with Crippen LogP contribution in [0.5, 0.6) is 0 Å². The van der Waals surface area contributed by atoms with Crippen LogP contribution in [0.25, 0.3) is 0 Å². The van der Waals surface area contributed by atoms with Crippen LogP contribution in [0.4, 0.5) is 4.79 Å². The quantitative estimate of drug-likeness (QED) is 0.882. The number of carbonyl (C=O) groups excluding carboxylic acids is 1. The molecule has 0 saturated carbocycles. The molecule has 0 aliphatic carbocycles. The molecule has 0 aromatic heterocycles. The van der Waals surface area contributed by atoms with E-state index in [1.54, 1.807) is 0 Å². The monoisotopic (exact) mass is 263 g/mol. The molecule has 0 fully saturated rings. The van der Waals surface area contributed by atoms with Crippen molar-refractivity contribution in [3.05, 3.63) is 35.4 Å². The first-order valence-corrected chi connectivity index (χ1v) is 6.76. The first kappa shape index (κ1) is 15.5. The molecule has 3 heteroatoms. The molecule has 1 aromatic rings. The smallest absolute Gasteiger partial charge is 0.406 e. The van der Waals surface area contributed by atoms with Crippen LogP contribution in [-0.2, 0) is 16.6 Å². The minimum Gasteiger partial charge on any atom is -0.453 e. The van der Waals surface area contributed by atoms with Crippen LogP contribution in [0.1, 0.15) is 38.8 Å². The molecule has 0 unspecified atom stereocenters. The van der Waals surface area contributed by atoms with Gasteiger partial charge in [-0.3, -0.25) is 0 Å². The highest BCUT2D eigenvalue weighted by molar-refractivity contribution is 5.67. The maximum Gasteiger partial charge on any atom is 0.406 e. The highest BCUT2D eigenvalue weighted by atomic mass is 16.5. The lowest BCUT2D eigenvalue weighted by Crippen LogP contribution is -2.36. The van der Waals surface area contributed by atoms with Gasteiger partial charge in [0.2, 0.25) is 0 Å². The third kappa shape index (κ3) is 4.93. The largest absolute Gasteiger partial charge is 0.453 e. The summed E-state index contributed by atoms with van der Waals surface area (Å²) in [6.07, 6.45) is 0.714. The molecule has 0 radical (unpaired) electrons. The van der Waals surface area contributed by atoms with E-state index in [2.05, 4.69) is 62.0 Å². The lowest BCUT2D eigenvalue weighted by molar-refractivity contribution is 0.168. The topological polar surface area (TPSA) is 38.3 Å². The summed E-state index contributed by atoms with van der Waals surface area (Å²) >= 11 is 0. The Morgan fingerprint density at radius 2 is 1.84 bits per heavy atom. The Morgan fingerprint density at radius 1 is 1.26 bits per heavy atom. The van der Waals surface area contributed by atoms with Crippen molar-refractivity contribution >= 4 is 6.09 Å². The highest BCUT2D eigenvalue weighted by Gasteiger charge is 2.21. The zero-order valence-corrected chi connectivity index (χ0v) is 12.6. The molecule has 0 saturated heterocycles. The fourth-order valence-electron chi connectivity index (χ4n) is 2.03. The molecule has 19 heavy (non-hydrogen) atoms. The number of nitrogens with one attached hydrogen (secondary N) is 1. The molecule has 0 atom stereocenters. The number of alkyl carbamates (subject to hydrolysis) is 1. The molecular formula is C16H25NO2. The summed E-state index contributed by atoms with van der Waals surface area (Å²) in [5, 5.41) is 2.76. The Morgan fingerprint density at radius 3 is 2.32 bits per heavy atom. The van der Waals surface area contributed by atoms with Crippen LogP contribution in [0.15, 0.2) is 24.3 Å². The third-order valence-corrected chi connectivity index (χ3v) is 3.24. The van der Waals surface area contributed by atoms with Crippen molar-refractivity contribution in [1.29, 1.82) is 0 Å². The van der Waals surface area contributed by atoms with Crippen molar-refractivity contribution in [3.63, 3.8) is 0 Å². The van der Waals surface area contributed by atoms with E-state index in [-0.39, 0.29) is 11.5 Å². The van der Waals surface area contributed by atoms with E-state index in [1.807, 2.05) is 0 Å². The average molecular weight is 263 g/mol. The van der Waals surface area contributed by atoms with Gasteiger partial charge < -0.3 is 10.1 Å². The number of amides is 1. The van der Waals surface area contributed by atoms with Crippen LogP contribution in [0, 0.1) is 5.92 Å². The normalized spacial score (nSPS) is 11.5. The minimum atomic E-state index is -0.385. The summed E-state index contributed by atoms with van der Waals surface area (Å²) in [7, 11) is 1.38. The van der Waals surface area contributed by atoms with E-state index in [1.165, 1.54) is 18.2 Å². The second-order valence-electron chi connectivity index (χ2n) is 6.02. The molecule has 1 N–H and O–H groups in total. The molecular weight excluding hydrogens is 238 g/mol. The molecule has 1 aromatic carbocycles. The highest BCUT2D eigenvalue weighted by Crippen LogP contribution is 2.23. The van der Waals surface area contributed by atoms with Crippen LogP contribution in [-0.4, -0.2) is 19.7 Å². The van der Waals surface area contributed by atoms with Gasteiger partial charge >= 0.3 is 6.09 Å². The molecule has 1 amide bonds. The molecule has 0 spiro atoms. The van der Waals surface area contributed by atoms with Crippen molar-refractivity contribution in [2.75, 3.05) is 13.7 Å². The maximum atomic E-state index is 11.1. The van der Waals surface area contributed by atoms with Crippen LogP contribution < -0.4 is 5.32 Å². The Balaban J connectivity index is 2.70. The van der Waals surface area contributed by atoms with Gasteiger partial charge in [0.25, 0.3) is 0 Å². The zero-order chi connectivity index (χ0) is 14.5. The second-order valence-corrected chi connectivity index (χ2v) is 6.02. The van der Waals surface area contributed by atoms with Gasteiger partial charge in [0, 0.05) is 12.0 Å². The van der Waals surface area contributed by atoms with Gasteiger partial charge in [-0.05, 0) is 23.5 Å². The van der Waals surface area contributed by atoms with Gasteiger partial charge in [0.1, 0.15) is 0 Å². The Kier molecular flexibility index (Phi) is 5.40. The number of rotatable bonds is 5. The number of carbonyl (C=O) groups is 1. The van der Waals surface area contributed by atoms with E-state index >= 15 is 0 Å². The lowest BCUT2D eigenvalue weighted by Gasteiger charge is -2.25. The van der Waals surface area contributed by atoms with Gasteiger partial charge in [-0.1, -0.05) is 52.0 Å². The van der Waals surface area contributed by atoms with Gasteiger partial charge in [-0.25, -0.2) is 4.79 Å². The van der Waals surface area contributed by atoms with Crippen molar-refractivity contribution < 1.29 is 9.53 Å². The molecule has 1 rings (SSSR count). The molecule has 0 bridgehead atoms. The molecule has 106 valence electrons. The number of methoxy groups -OCH3 is 1. The molecule has 0 aliphatic heterocycles. The number of ether oxygens (including phenoxy) is 1. The van der Waals surface area contributed by atoms with Crippen LogP contribution in [0.2, 0.25) is 0 Å². The number of hydrogen-bond acceptors (Lipinski definition) is 2. The molecule has 0 heterocycles. The summed E-state index contributed by atoms with van der Waals surface area (Å²) in [5.74, 6) is 0.667. The fourth-order valence-corrected chi connectivity index (χ4v) is 2.03. The maximum absolute atomic E-state index is 11.1. The number of hydrogen-bond donors (Lipinski definition) is 1.